The van der Waals surface area contributed by atoms with Crippen LogP contribution < -0.4 is 23.5 Å². The molecule has 0 heterocycles. The van der Waals surface area contributed by atoms with Crippen LogP contribution in [0.2, 0.25) is 0 Å². The van der Waals surface area contributed by atoms with Crippen LogP contribution in [0.25, 0.3) is 0 Å². The van der Waals surface area contributed by atoms with Gasteiger partial charge in [0, 0.05) is 0 Å². The minimum Gasteiger partial charge on any atom is -1.00 e. The van der Waals surface area contributed by atoms with Gasteiger partial charge >= 0.3 is 0 Å². The molecule has 1 aromatic carbocycles. The molecule has 0 saturated heterocycles. The van der Waals surface area contributed by atoms with Crippen LogP contribution in [0.4, 0.5) is 0 Å². The van der Waals surface area contributed by atoms with Crippen molar-refractivity contribution in [3.8, 4) is 0 Å². The van der Waals surface area contributed by atoms with Crippen molar-refractivity contribution in [1.82, 2.24) is 0 Å². The minimum absolute atomic E-state index is 0. The van der Waals surface area contributed by atoms with E-state index in [2.05, 4.69) is 26.8 Å². The van der Waals surface area contributed by atoms with E-state index < -0.39 is 0 Å². The molecule has 0 fully saturated rings. The van der Waals surface area contributed by atoms with Crippen LogP contribution in [0.1, 0.15) is 31.9 Å². The Morgan fingerprint density at radius 2 is 1.71 bits per heavy atom. The van der Waals surface area contributed by atoms with E-state index in [0.29, 0.717) is 5.84 Å². The predicted molar refractivity (Wildman–Crippen MR) is 55.4 cm³/mol. The van der Waals surface area contributed by atoms with Gasteiger partial charge in [-0.1, -0.05) is 39.0 Å². The number of amidine groups is 1. The number of hydrogen-bond acceptors (Lipinski definition) is 0. The molecule has 3 heteroatoms. The number of halogens is 1. The molecule has 0 radical (unpaired) electrons. The molecule has 0 aliphatic carbocycles. The summed E-state index contributed by atoms with van der Waals surface area (Å²) in [5.41, 5.74) is 7.83. The normalized spacial score (nSPS) is 10.5. The molecule has 0 bridgehead atoms. The SMILES string of the molecule is CC(C)(C)c1ccccc1C(N)=[NH2+].[Cl-]. The van der Waals surface area contributed by atoms with Gasteiger partial charge in [-0.05, 0) is 17.0 Å². The molecule has 14 heavy (non-hydrogen) atoms. The van der Waals surface area contributed by atoms with Crippen LogP contribution in [-0.4, -0.2) is 5.84 Å². The van der Waals surface area contributed by atoms with Crippen molar-refractivity contribution >= 4 is 5.84 Å². The molecule has 0 aliphatic heterocycles. The van der Waals surface area contributed by atoms with E-state index in [1.54, 1.807) is 0 Å². The zero-order valence-electron chi connectivity index (χ0n) is 8.84. The Kier molecular flexibility index (Phi) is 4.14. The fraction of sp³-hybridized carbons (Fsp3) is 0.364. The first-order valence-corrected chi connectivity index (χ1v) is 4.40. The second kappa shape index (κ2) is 4.47. The van der Waals surface area contributed by atoms with E-state index >= 15 is 0 Å². The maximum Gasteiger partial charge on any atom is 0.270 e. The van der Waals surface area contributed by atoms with Crippen molar-refractivity contribution in [3.05, 3.63) is 35.4 Å². The van der Waals surface area contributed by atoms with Gasteiger partial charge < -0.3 is 12.4 Å². The molecule has 0 aromatic heterocycles. The average Bonchev–Trinajstić information content (AvgIpc) is 2.03. The fourth-order valence-electron chi connectivity index (χ4n) is 1.39. The highest BCUT2D eigenvalue weighted by atomic mass is 35.5. The molecule has 0 saturated carbocycles. The summed E-state index contributed by atoms with van der Waals surface area (Å²) in [6.07, 6.45) is 0. The summed E-state index contributed by atoms with van der Waals surface area (Å²) in [6.45, 7) is 6.44. The van der Waals surface area contributed by atoms with E-state index in [1.807, 2.05) is 18.2 Å². The molecule has 0 spiro atoms. The smallest absolute Gasteiger partial charge is 0.270 e. The largest absolute Gasteiger partial charge is 1.00 e. The molecule has 0 atom stereocenters. The highest BCUT2D eigenvalue weighted by Crippen LogP contribution is 2.24. The topological polar surface area (TPSA) is 51.6 Å². The third-order valence-corrected chi connectivity index (χ3v) is 2.05. The Bertz CT molecular complexity index is 326. The molecule has 4 N–H and O–H groups in total. The Morgan fingerprint density at radius 3 is 2.07 bits per heavy atom. The van der Waals surface area contributed by atoms with Gasteiger partial charge in [0.1, 0.15) is 0 Å². The first-order valence-electron chi connectivity index (χ1n) is 4.40. The summed E-state index contributed by atoms with van der Waals surface area (Å²) in [7, 11) is 0. The molecule has 0 unspecified atom stereocenters. The van der Waals surface area contributed by atoms with E-state index in [-0.39, 0.29) is 17.8 Å². The lowest BCUT2D eigenvalue weighted by Gasteiger charge is -2.20. The van der Waals surface area contributed by atoms with Crippen LogP contribution in [-0.2, 0) is 5.41 Å². The molecular formula is C11H17ClN2. The number of nitrogens with two attached hydrogens (primary N) is 2. The van der Waals surface area contributed by atoms with Gasteiger partial charge in [0.25, 0.3) is 5.84 Å². The van der Waals surface area contributed by atoms with Crippen molar-refractivity contribution in [2.45, 2.75) is 26.2 Å². The summed E-state index contributed by atoms with van der Waals surface area (Å²) < 4.78 is 0. The van der Waals surface area contributed by atoms with Crippen molar-refractivity contribution in [3.63, 3.8) is 0 Å². The van der Waals surface area contributed by atoms with Crippen molar-refractivity contribution < 1.29 is 17.8 Å². The zero-order valence-corrected chi connectivity index (χ0v) is 9.60. The summed E-state index contributed by atoms with van der Waals surface area (Å²) in [5, 5.41) is 5.61. The lowest BCUT2D eigenvalue weighted by Crippen LogP contribution is -3.00. The van der Waals surface area contributed by atoms with E-state index in [9.17, 15) is 0 Å². The lowest BCUT2D eigenvalue weighted by atomic mass is 9.83. The fourth-order valence-corrected chi connectivity index (χ4v) is 1.39. The van der Waals surface area contributed by atoms with Gasteiger partial charge in [-0.25, -0.2) is 0 Å². The summed E-state index contributed by atoms with van der Waals surface area (Å²) in [5.74, 6) is 0.394. The maximum absolute atomic E-state index is 5.61. The van der Waals surface area contributed by atoms with Crippen LogP contribution in [0, 0.1) is 0 Å². The van der Waals surface area contributed by atoms with Crippen LogP contribution >= 0.6 is 0 Å². The van der Waals surface area contributed by atoms with Crippen molar-refractivity contribution in [2.75, 3.05) is 0 Å². The van der Waals surface area contributed by atoms with Gasteiger partial charge in [0.15, 0.2) is 0 Å². The van der Waals surface area contributed by atoms with Gasteiger partial charge in [-0.15, -0.1) is 0 Å². The number of hydrogen-bond donors (Lipinski definition) is 2. The zero-order chi connectivity index (χ0) is 10.1. The maximum atomic E-state index is 5.61. The van der Waals surface area contributed by atoms with Crippen molar-refractivity contribution in [2.24, 2.45) is 5.73 Å². The number of benzene rings is 1. The van der Waals surface area contributed by atoms with E-state index in [4.69, 9.17) is 11.1 Å². The second-order valence-electron chi connectivity index (χ2n) is 4.25. The van der Waals surface area contributed by atoms with Gasteiger partial charge in [-0.2, -0.15) is 0 Å². The average molecular weight is 213 g/mol. The minimum atomic E-state index is 0. The highest BCUT2D eigenvalue weighted by molar-refractivity contribution is 5.94. The Balaban J connectivity index is 0.00000169. The Morgan fingerprint density at radius 1 is 1.21 bits per heavy atom. The first kappa shape index (κ1) is 13.0. The molecule has 1 aromatic rings. The molecule has 0 aliphatic rings. The third-order valence-electron chi connectivity index (χ3n) is 2.05. The first-order chi connectivity index (χ1) is 5.93. The Labute approximate surface area is 91.4 Å². The van der Waals surface area contributed by atoms with E-state index in [1.165, 1.54) is 5.56 Å². The third kappa shape index (κ3) is 2.74. The molecule has 78 valence electrons. The van der Waals surface area contributed by atoms with Crippen LogP contribution in [0.3, 0.4) is 0 Å². The highest BCUT2D eigenvalue weighted by Gasteiger charge is 2.19. The number of rotatable bonds is 1. The van der Waals surface area contributed by atoms with Crippen LogP contribution in [0.15, 0.2) is 24.3 Å². The van der Waals surface area contributed by atoms with Crippen molar-refractivity contribution in [1.29, 1.82) is 0 Å². The molecule has 0 amide bonds. The second-order valence-corrected chi connectivity index (χ2v) is 4.25. The molecule has 2 nitrogen and oxygen atoms in total. The van der Waals surface area contributed by atoms with E-state index in [0.717, 1.165) is 5.56 Å². The predicted octanol–water partition coefficient (Wildman–Crippen LogP) is -2.55. The Hall–Kier alpha value is -1.02. The summed E-state index contributed by atoms with van der Waals surface area (Å²) in [4.78, 5) is 0. The van der Waals surface area contributed by atoms with Crippen LogP contribution in [0.5, 0.6) is 0 Å². The standard InChI is InChI=1S/C11H16N2.ClH/c1-11(2,3)9-7-5-4-6-8(9)10(12)13;/h4-7H,1-3H3,(H3,12,13);1H. The van der Waals surface area contributed by atoms with Gasteiger partial charge in [0.2, 0.25) is 0 Å². The van der Waals surface area contributed by atoms with Gasteiger partial charge in [-0.3, -0.25) is 11.1 Å². The summed E-state index contributed by atoms with van der Waals surface area (Å²) in [6, 6.07) is 7.97. The molecular weight excluding hydrogens is 196 g/mol. The van der Waals surface area contributed by atoms with Gasteiger partial charge in [0.05, 0.1) is 5.56 Å². The summed E-state index contributed by atoms with van der Waals surface area (Å²) >= 11 is 0. The molecule has 1 rings (SSSR count). The quantitative estimate of drug-likeness (QED) is 0.391. The monoisotopic (exact) mass is 212 g/mol. The lowest BCUT2D eigenvalue weighted by molar-refractivity contribution is -0.114.